The standard InChI is InChI=1S/C12H13N2OP/c16-14-12-8-11(6-7-13-12)15-9-10-4-2-1-3-5-10/h1-8H,9,16H2,(H,13,14). The van der Waals surface area contributed by atoms with E-state index in [-0.39, 0.29) is 0 Å². The molecule has 0 bridgehead atoms. The first-order chi connectivity index (χ1) is 7.88. The summed E-state index contributed by atoms with van der Waals surface area (Å²) >= 11 is 0. The molecular formula is C12H13N2OP. The molecule has 0 saturated heterocycles. The summed E-state index contributed by atoms with van der Waals surface area (Å²) in [5, 5.41) is 2.89. The molecule has 1 unspecified atom stereocenters. The maximum Gasteiger partial charge on any atom is 0.132 e. The van der Waals surface area contributed by atoms with Crippen LogP contribution in [0.25, 0.3) is 0 Å². The number of pyridine rings is 1. The van der Waals surface area contributed by atoms with Crippen LogP contribution in [0.15, 0.2) is 48.7 Å². The maximum absolute atomic E-state index is 5.65. The van der Waals surface area contributed by atoms with Gasteiger partial charge in [0.15, 0.2) is 0 Å². The van der Waals surface area contributed by atoms with Gasteiger partial charge in [0, 0.05) is 12.3 Å². The highest BCUT2D eigenvalue weighted by atomic mass is 31.0. The highest BCUT2D eigenvalue weighted by Gasteiger charge is 1.97. The van der Waals surface area contributed by atoms with Crippen molar-refractivity contribution in [3.8, 4) is 5.75 Å². The normalized spacial score (nSPS) is 9.81. The van der Waals surface area contributed by atoms with E-state index in [0.29, 0.717) is 6.61 Å². The van der Waals surface area contributed by atoms with Gasteiger partial charge in [0.2, 0.25) is 0 Å². The molecule has 16 heavy (non-hydrogen) atoms. The van der Waals surface area contributed by atoms with E-state index in [2.05, 4.69) is 19.5 Å². The van der Waals surface area contributed by atoms with Gasteiger partial charge in [-0.25, -0.2) is 4.98 Å². The van der Waals surface area contributed by atoms with E-state index in [1.165, 1.54) is 0 Å². The number of nitrogens with zero attached hydrogens (tertiary/aromatic N) is 1. The van der Waals surface area contributed by atoms with Crippen LogP contribution in [-0.2, 0) is 6.61 Å². The Morgan fingerprint density at radius 1 is 1.19 bits per heavy atom. The summed E-state index contributed by atoms with van der Waals surface area (Å²) in [7, 11) is 2.41. The molecule has 82 valence electrons. The molecule has 2 aromatic rings. The Hall–Kier alpha value is -1.60. The van der Waals surface area contributed by atoms with E-state index in [4.69, 9.17) is 4.74 Å². The fraction of sp³-hybridized carbons (Fsp3) is 0.0833. The van der Waals surface area contributed by atoms with Crippen molar-refractivity contribution in [1.29, 1.82) is 0 Å². The van der Waals surface area contributed by atoms with Crippen molar-refractivity contribution in [3.05, 3.63) is 54.2 Å². The summed E-state index contributed by atoms with van der Waals surface area (Å²) in [6.45, 7) is 0.571. The van der Waals surface area contributed by atoms with Crippen molar-refractivity contribution in [2.45, 2.75) is 6.61 Å². The average Bonchev–Trinajstić information content (AvgIpc) is 2.38. The molecule has 3 nitrogen and oxygen atoms in total. The van der Waals surface area contributed by atoms with Gasteiger partial charge < -0.3 is 9.82 Å². The van der Waals surface area contributed by atoms with Gasteiger partial charge in [0.05, 0.1) is 0 Å². The minimum atomic E-state index is 0.571. The van der Waals surface area contributed by atoms with Crippen LogP contribution in [0.4, 0.5) is 5.82 Å². The number of ether oxygens (including phenoxy) is 1. The Kier molecular flexibility index (Phi) is 3.73. The lowest BCUT2D eigenvalue weighted by Gasteiger charge is -2.07. The van der Waals surface area contributed by atoms with Crippen LogP contribution >= 0.6 is 9.39 Å². The Balaban J connectivity index is 1.99. The number of hydrogen-bond donors (Lipinski definition) is 1. The Morgan fingerprint density at radius 3 is 2.75 bits per heavy atom. The largest absolute Gasteiger partial charge is 0.489 e. The van der Waals surface area contributed by atoms with Gasteiger partial charge in [-0.1, -0.05) is 30.3 Å². The van der Waals surface area contributed by atoms with Gasteiger partial charge in [0.25, 0.3) is 0 Å². The summed E-state index contributed by atoms with van der Waals surface area (Å²) in [6, 6.07) is 13.8. The second-order valence-electron chi connectivity index (χ2n) is 3.30. The smallest absolute Gasteiger partial charge is 0.132 e. The highest BCUT2D eigenvalue weighted by Crippen LogP contribution is 2.16. The van der Waals surface area contributed by atoms with Crippen molar-refractivity contribution in [2.24, 2.45) is 0 Å². The number of anilines is 1. The Bertz CT molecular complexity index is 448. The first-order valence-electron chi connectivity index (χ1n) is 4.98. The van der Waals surface area contributed by atoms with Crippen LogP contribution in [0.2, 0.25) is 0 Å². The third kappa shape index (κ3) is 2.94. The highest BCUT2D eigenvalue weighted by molar-refractivity contribution is 7.18. The van der Waals surface area contributed by atoms with Crippen LogP contribution in [-0.4, -0.2) is 4.98 Å². The Labute approximate surface area is 97.1 Å². The van der Waals surface area contributed by atoms with Crippen LogP contribution in [0.1, 0.15) is 5.56 Å². The first-order valence-corrected chi connectivity index (χ1v) is 5.55. The van der Waals surface area contributed by atoms with E-state index >= 15 is 0 Å². The van der Waals surface area contributed by atoms with Crippen LogP contribution in [0.5, 0.6) is 5.75 Å². The summed E-state index contributed by atoms with van der Waals surface area (Å²) in [5.41, 5.74) is 1.15. The summed E-state index contributed by atoms with van der Waals surface area (Å²) in [6.07, 6.45) is 1.72. The zero-order chi connectivity index (χ0) is 11.2. The molecule has 0 saturated carbocycles. The van der Waals surface area contributed by atoms with Gasteiger partial charge in [-0.15, -0.1) is 0 Å². The van der Waals surface area contributed by atoms with Crippen molar-refractivity contribution < 1.29 is 4.74 Å². The SMILES string of the molecule is PNc1cc(OCc2ccccc2)ccn1. The minimum Gasteiger partial charge on any atom is -0.489 e. The van der Waals surface area contributed by atoms with Gasteiger partial charge in [-0.3, -0.25) is 0 Å². The van der Waals surface area contributed by atoms with Crippen molar-refractivity contribution >= 4 is 15.2 Å². The monoisotopic (exact) mass is 232 g/mol. The van der Waals surface area contributed by atoms with Crippen molar-refractivity contribution in [2.75, 3.05) is 5.09 Å². The molecule has 1 atom stereocenters. The van der Waals surface area contributed by atoms with Gasteiger partial charge in [-0.2, -0.15) is 0 Å². The molecule has 1 N–H and O–H groups in total. The maximum atomic E-state index is 5.65. The molecule has 0 aliphatic heterocycles. The van der Waals surface area contributed by atoms with Crippen molar-refractivity contribution in [3.63, 3.8) is 0 Å². The fourth-order valence-corrected chi connectivity index (χ4v) is 1.48. The Morgan fingerprint density at radius 2 is 2.00 bits per heavy atom. The molecule has 1 aromatic heterocycles. The van der Waals surface area contributed by atoms with E-state index in [1.54, 1.807) is 6.20 Å². The zero-order valence-electron chi connectivity index (χ0n) is 8.76. The molecule has 2 rings (SSSR count). The zero-order valence-corrected chi connectivity index (χ0v) is 9.91. The van der Waals surface area contributed by atoms with Gasteiger partial charge in [0.1, 0.15) is 18.2 Å². The molecule has 0 radical (unpaired) electrons. The van der Waals surface area contributed by atoms with Crippen LogP contribution < -0.4 is 9.82 Å². The van der Waals surface area contributed by atoms with Crippen molar-refractivity contribution in [1.82, 2.24) is 4.98 Å². The van der Waals surface area contributed by atoms with E-state index in [0.717, 1.165) is 17.1 Å². The molecule has 0 spiro atoms. The van der Waals surface area contributed by atoms with E-state index in [1.807, 2.05) is 42.5 Å². The van der Waals surface area contributed by atoms with Gasteiger partial charge in [-0.05, 0) is 21.0 Å². The van der Waals surface area contributed by atoms with Crippen LogP contribution in [0, 0.1) is 0 Å². The predicted octanol–water partition coefficient (Wildman–Crippen LogP) is 2.86. The molecule has 0 aliphatic carbocycles. The number of rotatable bonds is 4. The molecule has 1 heterocycles. The number of benzene rings is 1. The molecule has 0 fully saturated rings. The molecule has 4 heteroatoms. The lowest BCUT2D eigenvalue weighted by atomic mass is 10.2. The minimum absolute atomic E-state index is 0.571. The second kappa shape index (κ2) is 5.47. The van der Waals surface area contributed by atoms with E-state index < -0.39 is 0 Å². The number of aromatic nitrogens is 1. The third-order valence-corrected chi connectivity index (χ3v) is 2.42. The number of nitrogens with one attached hydrogen (secondary N) is 1. The number of hydrogen-bond acceptors (Lipinski definition) is 3. The van der Waals surface area contributed by atoms with E-state index in [9.17, 15) is 0 Å². The lowest BCUT2D eigenvalue weighted by Crippen LogP contribution is -1.95. The fourth-order valence-electron chi connectivity index (χ4n) is 1.32. The first kappa shape index (κ1) is 10.9. The third-order valence-electron chi connectivity index (χ3n) is 2.13. The average molecular weight is 232 g/mol. The molecular weight excluding hydrogens is 219 g/mol. The summed E-state index contributed by atoms with van der Waals surface area (Å²) in [5.74, 6) is 1.58. The molecule has 1 aromatic carbocycles. The molecule has 0 aliphatic rings. The van der Waals surface area contributed by atoms with Gasteiger partial charge >= 0.3 is 0 Å². The summed E-state index contributed by atoms with van der Waals surface area (Å²) < 4.78 is 5.65. The molecule has 0 amide bonds. The topological polar surface area (TPSA) is 34.1 Å². The quantitative estimate of drug-likeness (QED) is 0.823. The summed E-state index contributed by atoms with van der Waals surface area (Å²) in [4.78, 5) is 4.10. The predicted molar refractivity (Wildman–Crippen MR) is 68.3 cm³/mol. The van der Waals surface area contributed by atoms with Crippen LogP contribution in [0.3, 0.4) is 0 Å². The lowest BCUT2D eigenvalue weighted by molar-refractivity contribution is 0.306. The second-order valence-corrected chi connectivity index (χ2v) is 3.58.